The van der Waals surface area contributed by atoms with E-state index in [1.54, 1.807) is 0 Å². The first-order valence-electron chi connectivity index (χ1n) is 10.5. The van der Waals surface area contributed by atoms with Crippen LogP contribution in [-0.2, 0) is 13.0 Å². The van der Waals surface area contributed by atoms with Crippen LogP contribution in [-0.4, -0.2) is 23.9 Å². The van der Waals surface area contributed by atoms with Crippen molar-refractivity contribution >= 4 is 17.5 Å². The molecule has 0 spiro atoms. The van der Waals surface area contributed by atoms with E-state index < -0.39 is 16.7 Å². The van der Waals surface area contributed by atoms with Gasteiger partial charge in [-0.15, -0.1) is 0 Å². The van der Waals surface area contributed by atoms with Crippen LogP contribution in [0.3, 0.4) is 0 Å². The third kappa shape index (κ3) is 5.31. The van der Waals surface area contributed by atoms with Gasteiger partial charge in [0.15, 0.2) is 5.76 Å². The normalized spacial score (nSPS) is 14.4. The number of amides is 1. The molecule has 1 amide bonds. The van der Waals surface area contributed by atoms with Gasteiger partial charge in [-0.3, -0.25) is 14.9 Å². The van der Waals surface area contributed by atoms with E-state index in [-0.39, 0.29) is 5.76 Å². The molecule has 1 aliphatic heterocycles. The molecule has 0 saturated carbocycles. The van der Waals surface area contributed by atoms with Crippen molar-refractivity contribution in [3.05, 3.63) is 93.7 Å². The fourth-order valence-corrected chi connectivity index (χ4v) is 4.02. The van der Waals surface area contributed by atoms with E-state index in [4.69, 9.17) is 4.42 Å². The molecule has 0 bridgehead atoms. The first-order chi connectivity index (χ1) is 15.1. The Hall–Kier alpha value is -3.61. The zero-order chi connectivity index (χ0) is 21.6. The zero-order valence-corrected chi connectivity index (χ0v) is 17.2. The number of nitrogens with one attached hydrogen (secondary N) is 1. The van der Waals surface area contributed by atoms with Crippen molar-refractivity contribution in [1.29, 1.82) is 0 Å². The van der Waals surface area contributed by atoms with Crippen LogP contribution in [0.2, 0.25) is 0 Å². The molecule has 1 N–H and O–H groups in total. The van der Waals surface area contributed by atoms with Gasteiger partial charge >= 0.3 is 5.88 Å². The lowest BCUT2D eigenvalue weighted by Gasteiger charge is -2.34. The van der Waals surface area contributed by atoms with Gasteiger partial charge in [-0.05, 0) is 54.5 Å². The Bertz CT molecular complexity index is 1040. The Morgan fingerprint density at radius 1 is 1.03 bits per heavy atom. The maximum absolute atomic E-state index is 12.2. The molecule has 0 unspecified atom stereocenters. The molecule has 7 nitrogen and oxygen atoms in total. The number of nitrogens with zero attached hydrogens (tertiary/aromatic N) is 2. The van der Waals surface area contributed by atoms with Gasteiger partial charge in [0, 0.05) is 25.3 Å². The quantitative estimate of drug-likeness (QED) is 0.447. The maximum atomic E-state index is 12.2. The van der Waals surface area contributed by atoms with Gasteiger partial charge < -0.3 is 14.6 Å². The van der Waals surface area contributed by atoms with E-state index in [0.717, 1.165) is 43.6 Å². The van der Waals surface area contributed by atoms with E-state index in [2.05, 4.69) is 52.7 Å². The summed E-state index contributed by atoms with van der Waals surface area (Å²) in [6.45, 7) is 2.36. The van der Waals surface area contributed by atoms with Crippen molar-refractivity contribution in [2.45, 2.75) is 25.8 Å². The minimum atomic E-state index is -0.663. The molecule has 4 rings (SSSR count). The van der Waals surface area contributed by atoms with Gasteiger partial charge in [-0.1, -0.05) is 42.5 Å². The molecule has 1 aliphatic rings. The maximum Gasteiger partial charge on any atom is 0.433 e. The van der Waals surface area contributed by atoms with Gasteiger partial charge in [-0.2, -0.15) is 0 Å². The number of furan rings is 1. The van der Waals surface area contributed by atoms with Crippen LogP contribution in [0.4, 0.5) is 11.6 Å². The summed E-state index contributed by atoms with van der Waals surface area (Å²) in [7, 11) is 0. The number of benzene rings is 2. The molecule has 31 heavy (non-hydrogen) atoms. The average molecular weight is 419 g/mol. The van der Waals surface area contributed by atoms with E-state index in [0.29, 0.717) is 12.5 Å². The van der Waals surface area contributed by atoms with Crippen LogP contribution >= 0.6 is 0 Å². The van der Waals surface area contributed by atoms with Gasteiger partial charge in [0.1, 0.15) is 4.92 Å². The summed E-state index contributed by atoms with van der Waals surface area (Å²) in [5.74, 6) is -0.273. The highest BCUT2D eigenvalue weighted by Crippen LogP contribution is 2.26. The van der Waals surface area contributed by atoms with E-state index >= 15 is 0 Å². The number of nitro groups is 1. The van der Waals surface area contributed by atoms with Crippen molar-refractivity contribution in [2.24, 2.45) is 5.92 Å². The number of carbonyl (C=O) groups is 1. The predicted molar refractivity (Wildman–Crippen MR) is 118 cm³/mol. The fraction of sp³-hybridized carbons (Fsp3) is 0.292. The molecular weight excluding hydrogens is 394 g/mol. The smallest absolute Gasteiger partial charge is 0.395 e. The Morgan fingerprint density at radius 3 is 2.48 bits per heavy atom. The number of piperidine rings is 1. The van der Waals surface area contributed by atoms with Crippen molar-refractivity contribution in [2.75, 3.05) is 18.0 Å². The van der Waals surface area contributed by atoms with Gasteiger partial charge in [-0.25, -0.2) is 0 Å². The standard InChI is InChI=1S/C24H25N3O4/c28-24(22-9-10-23(31-22)27(29)30)25-17-20-7-4-8-21(16-20)26-13-11-19(12-14-26)15-18-5-2-1-3-6-18/h1-10,16,19H,11-15,17H2,(H,25,28). The van der Waals surface area contributed by atoms with Crippen molar-refractivity contribution in [3.8, 4) is 0 Å². The highest BCUT2D eigenvalue weighted by molar-refractivity contribution is 5.91. The number of carbonyl (C=O) groups excluding carboxylic acids is 1. The average Bonchev–Trinajstić information content (AvgIpc) is 3.30. The highest BCUT2D eigenvalue weighted by atomic mass is 16.6. The molecule has 7 heteroatoms. The van der Waals surface area contributed by atoms with Crippen molar-refractivity contribution in [3.63, 3.8) is 0 Å². The molecule has 0 aliphatic carbocycles. The SMILES string of the molecule is O=C(NCc1cccc(N2CCC(Cc3ccccc3)CC2)c1)c1ccc([N+](=O)[O-])o1. The Morgan fingerprint density at radius 2 is 1.77 bits per heavy atom. The predicted octanol–water partition coefficient (Wildman–Crippen LogP) is 4.58. The summed E-state index contributed by atoms with van der Waals surface area (Å²) in [5.41, 5.74) is 3.53. The molecular formula is C24H25N3O4. The van der Waals surface area contributed by atoms with Crippen LogP contribution in [0.1, 0.15) is 34.5 Å². The molecule has 1 saturated heterocycles. The molecule has 3 aromatic rings. The molecule has 0 atom stereocenters. The topological polar surface area (TPSA) is 88.6 Å². The fourth-order valence-electron chi connectivity index (χ4n) is 4.02. The second-order valence-corrected chi connectivity index (χ2v) is 7.87. The van der Waals surface area contributed by atoms with Crippen LogP contribution < -0.4 is 10.2 Å². The first-order valence-corrected chi connectivity index (χ1v) is 10.5. The Balaban J connectivity index is 1.30. The third-order valence-electron chi connectivity index (χ3n) is 5.71. The van der Waals surface area contributed by atoms with E-state index in [1.165, 1.54) is 17.7 Å². The second kappa shape index (κ2) is 9.47. The lowest BCUT2D eigenvalue weighted by molar-refractivity contribution is -0.402. The molecule has 1 aromatic heterocycles. The molecule has 2 heterocycles. The van der Waals surface area contributed by atoms with Crippen LogP contribution in [0.5, 0.6) is 0 Å². The number of anilines is 1. The van der Waals surface area contributed by atoms with Crippen LogP contribution in [0.15, 0.2) is 71.1 Å². The molecule has 1 fully saturated rings. The second-order valence-electron chi connectivity index (χ2n) is 7.87. The number of hydrogen-bond acceptors (Lipinski definition) is 5. The van der Waals surface area contributed by atoms with Gasteiger partial charge in [0.25, 0.3) is 5.91 Å². The van der Waals surface area contributed by atoms with Gasteiger partial charge in [0.2, 0.25) is 0 Å². The van der Waals surface area contributed by atoms with Crippen LogP contribution in [0, 0.1) is 16.0 Å². The Labute approximate surface area is 180 Å². The summed E-state index contributed by atoms with van der Waals surface area (Å²) in [6.07, 6.45) is 3.45. The summed E-state index contributed by atoms with van der Waals surface area (Å²) in [4.78, 5) is 24.6. The summed E-state index contributed by atoms with van der Waals surface area (Å²) < 4.78 is 4.95. The number of rotatable bonds is 7. The van der Waals surface area contributed by atoms with Crippen molar-refractivity contribution in [1.82, 2.24) is 5.32 Å². The third-order valence-corrected chi connectivity index (χ3v) is 5.71. The summed E-state index contributed by atoms with van der Waals surface area (Å²) in [5, 5.41) is 13.4. The minimum Gasteiger partial charge on any atom is -0.395 e. The largest absolute Gasteiger partial charge is 0.433 e. The van der Waals surface area contributed by atoms with E-state index in [1.807, 2.05) is 12.1 Å². The van der Waals surface area contributed by atoms with Crippen molar-refractivity contribution < 1.29 is 14.1 Å². The van der Waals surface area contributed by atoms with Crippen LogP contribution in [0.25, 0.3) is 0 Å². The highest BCUT2D eigenvalue weighted by Gasteiger charge is 2.20. The number of hydrogen-bond donors (Lipinski definition) is 1. The van der Waals surface area contributed by atoms with E-state index in [9.17, 15) is 14.9 Å². The molecule has 2 aromatic carbocycles. The lowest BCUT2D eigenvalue weighted by Crippen LogP contribution is -2.34. The molecule has 0 radical (unpaired) electrons. The summed E-state index contributed by atoms with van der Waals surface area (Å²) >= 11 is 0. The zero-order valence-electron chi connectivity index (χ0n) is 17.2. The monoisotopic (exact) mass is 419 g/mol. The lowest BCUT2D eigenvalue weighted by atomic mass is 9.90. The summed E-state index contributed by atoms with van der Waals surface area (Å²) in [6, 6.07) is 21.3. The minimum absolute atomic E-state index is 0.0663. The first kappa shape index (κ1) is 20.7. The molecule has 160 valence electrons. The Kier molecular flexibility index (Phi) is 6.31. The van der Waals surface area contributed by atoms with Gasteiger partial charge in [0.05, 0.1) is 6.07 Å².